The third-order valence-electron chi connectivity index (χ3n) is 3.80. The summed E-state index contributed by atoms with van der Waals surface area (Å²) in [6.07, 6.45) is 0. The molecule has 0 spiro atoms. The minimum absolute atomic E-state index is 0.275. The summed E-state index contributed by atoms with van der Waals surface area (Å²) in [5.41, 5.74) is 10.4. The fraction of sp³-hybridized carbons (Fsp3) is 0.312. The van der Waals surface area contributed by atoms with Crippen LogP contribution >= 0.6 is 0 Å². The monoisotopic (exact) mass is 269 g/mol. The molecule has 0 saturated heterocycles. The molecule has 2 N–H and O–H groups in total. The van der Waals surface area contributed by atoms with Crippen molar-refractivity contribution in [2.24, 2.45) is 5.73 Å². The van der Waals surface area contributed by atoms with Gasteiger partial charge in [-0.1, -0.05) is 18.2 Å². The van der Waals surface area contributed by atoms with E-state index in [1.165, 1.54) is 0 Å². The maximum atomic E-state index is 6.40. The Bertz CT molecular complexity index is 721. The van der Waals surface area contributed by atoms with E-state index in [1.54, 1.807) is 0 Å². The van der Waals surface area contributed by atoms with Gasteiger partial charge < -0.3 is 10.2 Å². The first-order valence-corrected chi connectivity index (χ1v) is 6.89. The highest BCUT2D eigenvalue weighted by molar-refractivity contribution is 5.78. The second-order valence-electron chi connectivity index (χ2n) is 5.06. The van der Waals surface area contributed by atoms with Gasteiger partial charge in [0.2, 0.25) is 0 Å². The van der Waals surface area contributed by atoms with E-state index in [0.29, 0.717) is 0 Å². The highest BCUT2D eigenvalue weighted by atomic mass is 16.3. The topological polar surface area (TPSA) is 57.0 Å². The van der Waals surface area contributed by atoms with Crippen LogP contribution in [0, 0.1) is 13.8 Å². The molecule has 1 unspecified atom stereocenters. The summed E-state index contributed by atoms with van der Waals surface area (Å²) in [5.74, 6) is 0.785. The van der Waals surface area contributed by atoms with E-state index in [9.17, 15) is 0 Å². The van der Waals surface area contributed by atoms with Crippen molar-refractivity contribution in [2.75, 3.05) is 0 Å². The molecule has 0 fully saturated rings. The number of para-hydroxylation sites is 1. The van der Waals surface area contributed by atoms with Gasteiger partial charge in [-0.2, -0.15) is 5.10 Å². The van der Waals surface area contributed by atoms with Gasteiger partial charge in [-0.25, -0.2) is 0 Å². The Balaban J connectivity index is 2.08. The molecule has 0 bridgehead atoms. The number of furan rings is 1. The number of aromatic nitrogens is 2. The van der Waals surface area contributed by atoms with Crippen molar-refractivity contribution in [3.63, 3.8) is 0 Å². The van der Waals surface area contributed by atoms with Crippen molar-refractivity contribution in [3.8, 4) is 0 Å². The van der Waals surface area contributed by atoms with Crippen molar-refractivity contribution < 1.29 is 4.42 Å². The molecule has 0 aliphatic rings. The zero-order valence-electron chi connectivity index (χ0n) is 12.1. The molecule has 0 radical (unpaired) electrons. The maximum Gasteiger partial charge on any atom is 0.134 e. The average Bonchev–Trinajstić information content (AvgIpc) is 2.99. The van der Waals surface area contributed by atoms with Gasteiger partial charge in [0.15, 0.2) is 0 Å². The lowest BCUT2D eigenvalue weighted by molar-refractivity contribution is 0.523. The zero-order chi connectivity index (χ0) is 14.3. The van der Waals surface area contributed by atoms with Crippen LogP contribution in [0.15, 0.2) is 34.7 Å². The second-order valence-corrected chi connectivity index (χ2v) is 5.06. The Kier molecular flexibility index (Phi) is 3.10. The van der Waals surface area contributed by atoms with E-state index in [2.05, 4.69) is 18.9 Å². The summed E-state index contributed by atoms with van der Waals surface area (Å²) in [6.45, 7) is 6.98. The van der Waals surface area contributed by atoms with E-state index in [1.807, 2.05) is 41.9 Å². The number of aryl methyl sites for hydroxylation is 2. The standard InChI is InChI=1S/C16H19N3O/c1-4-19-11(3)15(10(2)18-19)16(17)14-9-12-7-5-6-8-13(12)20-14/h5-9,16H,4,17H2,1-3H3. The van der Waals surface area contributed by atoms with Gasteiger partial charge in [-0.15, -0.1) is 0 Å². The zero-order valence-corrected chi connectivity index (χ0v) is 12.1. The molecular weight excluding hydrogens is 250 g/mol. The number of nitrogens with zero attached hydrogens (tertiary/aromatic N) is 2. The predicted octanol–water partition coefficient (Wildman–Crippen LogP) is 3.31. The molecule has 1 aromatic carbocycles. The number of benzene rings is 1. The SMILES string of the molecule is CCn1nc(C)c(C(N)c2cc3ccccc3o2)c1C. The lowest BCUT2D eigenvalue weighted by Gasteiger charge is -2.09. The largest absolute Gasteiger partial charge is 0.459 e. The fourth-order valence-electron chi connectivity index (χ4n) is 2.77. The molecule has 2 aromatic heterocycles. The third-order valence-corrected chi connectivity index (χ3v) is 3.80. The third kappa shape index (κ3) is 1.93. The fourth-order valence-corrected chi connectivity index (χ4v) is 2.77. The Labute approximate surface area is 118 Å². The van der Waals surface area contributed by atoms with Crippen molar-refractivity contribution in [1.29, 1.82) is 0 Å². The molecule has 0 aliphatic carbocycles. The van der Waals surface area contributed by atoms with Crippen LogP contribution in [0.5, 0.6) is 0 Å². The molecule has 4 heteroatoms. The minimum atomic E-state index is -0.275. The molecule has 3 rings (SSSR count). The Morgan fingerprint density at radius 1 is 1.30 bits per heavy atom. The molecule has 3 aromatic rings. The predicted molar refractivity (Wildman–Crippen MR) is 79.6 cm³/mol. The van der Waals surface area contributed by atoms with E-state index >= 15 is 0 Å². The van der Waals surface area contributed by atoms with E-state index < -0.39 is 0 Å². The van der Waals surface area contributed by atoms with Crippen LogP contribution in [-0.4, -0.2) is 9.78 Å². The molecule has 4 nitrogen and oxygen atoms in total. The number of hydrogen-bond donors (Lipinski definition) is 1. The van der Waals surface area contributed by atoms with Crippen molar-refractivity contribution >= 4 is 11.0 Å². The normalized spacial score (nSPS) is 13.0. The van der Waals surface area contributed by atoms with Crippen LogP contribution in [-0.2, 0) is 6.54 Å². The van der Waals surface area contributed by atoms with E-state index in [0.717, 1.165) is 40.2 Å². The smallest absolute Gasteiger partial charge is 0.134 e. The molecule has 0 amide bonds. The summed E-state index contributed by atoms with van der Waals surface area (Å²) in [7, 11) is 0. The Morgan fingerprint density at radius 3 is 2.70 bits per heavy atom. The van der Waals surface area contributed by atoms with Gasteiger partial charge in [0, 0.05) is 23.2 Å². The van der Waals surface area contributed by atoms with Gasteiger partial charge in [0.25, 0.3) is 0 Å². The molecule has 0 saturated carbocycles. The second kappa shape index (κ2) is 4.80. The Morgan fingerprint density at radius 2 is 2.05 bits per heavy atom. The average molecular weight is 269 g/mol. The Hall–Kier alpha value is -2.07. The van der Waals surface area contributed by atoms with E-state index in [-0.39, 0.29) is 6.04 Å². The van der Waals surface area contributed by atoms with Crippen LogP contribution in [0.1, 0.15) is 35.7 Å². The number of hydrogen-bond acceptors (Lipinski definition) is 3. The summed E-state index contributed by atoms with van der Waals surface area (Å²) in [6, 6.07) is 9.70. The number of rotatable bonds is 3. The van der Waals surface area contributed by atoms with Gasteiger partial charge in [0.1, 0.15) is 11.3 Å². The maximum absolute atomic E-state index is 6.40. The van der Waals surface area contributed by atoms with Crippen LogP contribution in [0.2, 0.25) is 0 Å². The molecular formula is C16H19N3O. The number of fused-ring (bicyclic) bond motifs is 1. The number of nitrogens with two attached hydrogens (primary N) is 1. The van der Waals surface area contributed by atoms with Crippen molar-refractivity contribution in [1.82, 2.24) is 9.78 Å². The first-order valence-electron chi connectivity index (χ1n) is 6.89. The molecule has 20 heavy (non-hydrogen) atoms. The van der Waals surface area contributed by atoms with Crippen LogP contribution in [0.3, 0.4) is 0 Å². The van der Waals surface area contributed by atoms with Crippen LogP contribution in [0.25, 0.3) is 11.0 Å². The summed E-state index contributed by atoms with van der Waals surface area (Å²) < 4.78 is 7.85. The van der Waals surface area contributed by atoms with Gasteiger partial charge in [0.05, 0.1) is 11.7 Å². The first-order chi connectivity index (χ1) is 9.61. The van der Waals surface area contributed by atoms with Crippen molar-refractivity contribution in [2.45, 2.75) is 33.4 Å². The summed E-state index contributed by atoms with van der Waals surface area (Å²) >= 11 is 0. The molecule has 104 valence electrons. The molecule has 1 atom stereocenters. The highest BCUT2D eigenvalue weighted by Crippen LogP contribution is 2.29. The van der Waals surface area contributed by atoms with Gasteiger partial charge >= 0.3 is 0 Å². The lowest BCUT2D eigenvalue weighted by Crippen LogP contribution is -2.13. The van der Waals surface area contributed by atoms with Crippen LogP contribution in [0.4, 0.5) is 0 Å². The van der Waals surface area contributed by atoms with Crippen molar-refractivity contribution in [3.05, 3.63) is 53.0 Å². The van der Waals surface area contributed by atoms with Gasteiger partial charge in [-0.3, -0.25) is 4.68 Å². The minimum Gasteiger partial charge on any atom is -0.459 e. The van der Waals surface area contributed by atoms with E-state index in [4.69, 9.17) is 10.2 Å². The van der Waals surface area contributed by atoms with Crippen LogP contribution < -0.4 is 5.73 Å². The lowest BCUT2D eigenvalue weighted by atomic mass is 10.0. The quantitative estimate of drug-likeness (QED) is 0.793. The summed E-state index contributed by atoms with van der Waals surface area (Å²) in [5, 5.41) is 5.60. The first kappa shape index (κ1) is 12.9. The van der Waals surface area contributed by atoms with Gasteiger partial charge in [-0.05, 0) is 32.9 Å². The molecule has 0 aliphatic heterocycles. The molecule has 2 heterocycles. The summed E-state index contributed by atoms with van der Waals surface area (Å²) in [4.78, 5) is 0. The highest BCUT2D eigenvalue weighted by Gasteiger charge is 2.21.